The molecule has 1 rings (SSSR count). The van der Waals surface area contributed by atoms with E-state index in [-0.39, 0.29) is 23.2 Å². The van der Waals surface area contributed by atoms with Crippen molar-refractivity contribution in [2.75, 3.05) is 0 Å². The van der Waals surface area contributed by atoms with Crippen molar-refractivity contribution in [3.8, 4) is 11.5 Å². The van der Waals surface area contributed by atoms with Gasteiger partial charge >= 0.3 is 5.97 Å². The Kier molecular flexibility index (Phi) is 3.37. The van der Waals surface area contributed by atoms with Crippen molar-refractivity contribution in [1.29, 1.82) is 0 Å². The summed E-state index contributed by atoms with van der Waals surface area (Å²) in [6.07, 6.45) is -0.239. The fourth-order valence-corrected chi connectivity index (χ4v) is 1.25. The monoisotopic (exact) mass is 228 g/mol. The molecule has 5 heteroatoms. The summed E-state index contributed by atoms with van der Waals surface area (Å²) >= 11 is 0. The van der Waals surface area contributed by atoms with Gasteiger partial charge in [0.15, 0.2) is 11.5 Å². The van der Waals surface area contributed by atoms with Gasteiger partial charge in [-0.1, -0.05) is 0 Å². The van der Waals surface area contributed by atoms with E-state index >= 15 is 0 Å². The van der Waals surface area contributed by atoms with Crippen molar-refractivity contribution in [3.05, 3.63) is 23.0 Å². The van der Waals surface area contributed by atoms with Gasteiger partial charge in [0.05, 0.1) is 11.7 Å². The molecular formula is C11H13FO4. The summed E-state index contributed by atoms with van der Waals surface area (Å²) < 4.78 is 18.6. The van der Waals surface area contributed by atoms with Gasteiger partial charge in [-0.3, -0.25) is 0 Å². The van der Waals surface area contributed by atoms with Crippen LogP contribution >= 0.6 is 0 Å². The van der Waals surface area contributed by atoms with E-state index in [4.69, 9.17) is 9.84 Å². The van der Waals surface area contributed by atoms with Crippen LogP contribution < -0.4 is 4.74 Å². The number of hydrogen-bond acceptors (Lipinski definition) is 3. The molecule has 0 heterocycles. The summed E-state index contributed by atoms with van der Waals surface area (Å²) in [6, 6.07) is 0.986. The minimum absolute atomic E-state index is 0.0219. The first-order chi connectivity index (χ1) is 7.34. The third-order valence-corrected chi connectivity index (χ3v) is 2.02. The van der Waals surface area contributed by atoms with E-state index in [0.29, 0.717) is 0 Å². The maximum Gasteiger partial charge on any atom is 0.338 e. The van der Waals surface area contributed by atoms with Gasteiger partial charge in [0.25, 0.3) is 0 Å². The fraction of sp³-hybridized carbons (Fsp3) is 0.364. The Labute approximate surface area is 92.3 Å². The van der Waals surface area contributed by atoms with Gasteiger partial charge in [0.2, 0.25) is 0 Å². The summed E-state index contributed by atoms with van der Waals surface area (Å²) in [6.45, 7) is 4.74. The lowest BCUT2D eigenvalue weighted by molar-refractivity contribution is 0.0690. The average molecular weight is 228 g/mol. The molecule has 0 aromatic heterocycles. The molecule has 0 spiro atoms. The van der Waals surface area contributed by atoms with Crippen LogP contribution in [0, 0.1) is 12.7 Å². The second-order valence-electron chi connectivity index (χ2n) is 3.68. The van der Waals surface area contributed by atoms with E-state index in [0.717, 1.165) is 6.07 Å². The standard InChI is InChI=1S/C11H13FO4/c1-5(2)16-8-4-7(11(14)15)9(12)6(3)10(8)13/h4-5,13H,1-3H3,(H,14,15). The number of benzene rings is 1. The number of carbonyl (C=O) groups is 1. The van der Waals surface area contributed by atoms with Crippen LogP contribution in [0.5, 0.6) is 11.5 Å². The lowest BCUT2D eigenvalue weighted by Gasteiger charge is -2.14. The average Bonchev–Trinajstić information content (AvgIpc) is 2.18. The van der Waals surface area contributed by atoms with Crippen LogP contribution in [0.1, 0.15) is 29.8 Å². The van der Waals surface area contributed by atoms with Gasteiger partial charge in [-0.2, -0.15) is 0 Å². The Morgan fingerprint density at radius 3 is 2.50 bits per heavy atom. The number of aromatic hydroxyl groups is 1. The molecule has 2 N–H and O–H groups in total. The highest BCUT2D eigenvalue weighted by Crippen LogP contribution is 2.34. The summed E-state index contributed by atoms with van der Waals surface area (Å²) in [5.41, 5.74) is -0.637. The Morgan fingerprint density at radius 1 is 1.50 bits per heavy atom. The molecule has 4 nitrogen and oxygen atoms in total. The van der Waals surface area contributed by atoms with E-state index in [9.17, 15) is 14.3 Å². The van der Waals surface area contributed by atoms with Crippen molar-refractivity contribution >= 4 is 5.97 Å². The molecule has 0 aliphatic heterocycles. The lowest BCUT2D eigenvalue weighted by atomic mass is 10.1. The number of carboxylic acids is 1. The third-order valence-electron chi connectivity index (χ3n) is 2.02. The largest absolute Gasteiger partial charge is 0.504 e. The molecule has 0 unspecified atom stereocenters. The minimum Gasteiger partial charge on any atom is -0.504 e. The molecule has 0 fully saturated rings. The van der Waals surface area contributed by atoms with Crippen molar-refractivity contribution in [2.24, 2.45) is 0 Å². The van der Waals surface area contributed by atoms with Gasteiger partial charge < -0.3 is 14.9 Å². The van der Waals surface area contributed by atoms with Crippen LogP contribution in [0.15, 0.2) is 6.07 Å². The summed E-state index contributed by atoms with van der Waals surface area (Å²) in [5, 5.41) is 18.3. The molecule has 0 radical (unpaired) electrons. The van der Waals surface area contributed by atoms with Gasteiger partial charge in [-0.25, -0.2) is 9.18 Å². The topological polar surface area (TPSA) is 66.8 Å². The van der Waals surface area contributed by atoms with E-state index in [1.54, 1.807) is 13.8 Å². The van der Waals surface area contributed by atoms with Crippen LogP contribution in [-0.4, -0.2) is 22.3 Å². The van der Waals surface area contributed by atoms with Crippen LogP contribution in [0.4, 0.5) is 4.39 Å². The minimum atomic E-state index is -1.39. The molecule has 0 atom stereocenters. The molecule has 1 aromatic rings. The summed E-state index contributed by atoms with van der Waals surface area (Å²) in [7, 11) is 0. The van der Waals surface area contributed by atoms with Gasteiger partial charge in [-0.05, 0) is 20.8 Å². The molecule has 0 amide bonds. The predicted octanol–water partition coefficient (Wildman–Crippen LogP) is 2.33. The van der Waals surface area contributed by atoms with Crippen LogP contribution in [0.25, 0.3) is 0 Å². The van der Waals surface area contributed by atoms with Crippen molar-refractivity contribution in [1.82, 2.24) is 0 Å². The van der Waals surface area contributed by atoms with Crippen molar-refractivity contribution in [2.45, 2.75) is 26.9 Å². The van der Waals surface area contributed by atoms with Crippen LogP contribution in [0.2, 0.25) is 0 Å². The number of ether oxygens (including phenoxy) is 1. The summed E-state index contributed by atoms with van der Waals surface area (Å²) in [5.74, 6) is -2.72. The predicted molar refractivity (Wildman–Crippen MR) is 55.5 cm³/mol. The van der Waals surface area contributed by atoms with Crippen molar-refractivity contribution < 1.29 is 24.1 Å². The molecular weight excluding hydrogens is 215 g/mol. The Morgan fingerprint density at radius 2 is 2.06 bits per heavy atom. The number of carboxylic acid groups (broad SMARTS) is 1. The quantitative estimate of drug-likeness (QED) is 0.833. The molecule has 0 aliphatic rings. The zero-order valence-electron chi connectivity index (χ0n) is 9.24. The van der Waals surface area contributed by atoms with Gasteiger partial charge in [0.1, 0.15) is 5.82 Å². The van der Waals surface area contributed by atoms with Gasteiger partial charge in [-0.15, -0.1) is 0 Å². The molecule has 0 bridgehead atoms. The van der Waals surface area contributed by atoms with E-state index in [1.807, 2.05) is 0 Å². The third kappa shape index (κ3) is 2.24. The molecule has 0 saturated heterocycles. The highest BCUT2D eigenvalue weighted by Gasteiger charge is 2.20. The summed E-state index contributed by atoms with van der Waals surface area (Å²) in [4.78, 5) is 10.7. The number of rotatable bonds is 3. The van der Waals surface area contributed by atoms with E-state index in [1.165, 1.54) is 6.92 Å². The van der Waals surface area contributed by atoms with E-state index < -0.39 is 17.3 Å². The number of phenols is 1. The smallest absolute Gasteiger partial charge is 0.338 e. The number of hydrogen-bond donors (Lipinski definition) is 2. The first-order valence-electron chi connectivity index (χ1n) is 4.76. The van der Waals surface area contributed by atoms with Crippen LogP contribution in [0.3, 0.4) is 0 Å². The molecule has 16 heavy (non-hydrogen) atoms. The second-order valence-corrected chi connectivity index (χ2v) is 3.68. The highest BCUT2D eigenvalue weighted by molar-refractivity contribution is 5.89. The van der Waals surface area contributed by atoms with Gasteiger partial charge in [0, 0.05) is 11.6 Å². The normalized spacial score (nSPS) is 10.6. The molecule has 88 valence electrons. The maximum absolute atomic E-state index is 13.4. The molecule has 0 aliphatic carbocycles. The molecule has 1 aromatic carbocycles. The lowest BCUT2D eigenvalue weighted by Crippen LogP contribution is -2.09. The van der Waals surface area contributed by atoms with Crippen molar-refractivity contribution in [3.63, 3.8) is 0 Å². The van der Waals surface area contributed by atoms with Crippen LogP contribution in [-0.2, 0) is 0 Å². The zero-order chi connectivity index (χ0) is 12.5. The zero-order valence-corrected chi connectivity index (χ0v) is 9.24. The van der Waals surface area contributed by atoms with E-state index in [2.05, 4.69) is 0 Å². The Hall–Kier alpha value is -1.78. The molecule has 0 saturated carbocycles. The second kappa shape index (κ2) is 4.38. The number of phenolic OH excluding ortho intramolecular Hbond substituents is 1. The Bertz CT molecular complexity index is 426. The maximum atomic E-state index is 13.4. The number of aromatic carboxylic acids is 1. The highest BCUT2D eigenvalue weighted by atomic mass is 19.1. The SMILES string of the molecule is Cc1c(O)c(OC(C)C)cc(C(=O)O)c1F. The first kappa shape index (κ1) is 12.3. The fourth-order valence-electron chi connectivity index (χ4n) is 1.25. The first-order valence-corrected chi connectivity index (χ1v) is 4.76. The number of halogens is 1. The Balaban J connectivity index is 3.35.